The number of allylic oxidation sites excluding steroid dienone is 1. The van der Waals surface area contributed by atoms with Gasteiger partial charge in [-0.25, -0.2) is 0 Å². The zero-order chi connectivity index (χ0) is 25.3. The summed E-state index contributed by atoms with van der Waals surface area (Å²) in [5.74, 6) is 1.50. The molecule has 1 radical (unpaired) electrons. The van der Waals surface area contributed by atoms with Crippen LogP contribution < -0.4 is 24.8 Å². The number of hydrogen-bond donors (Lipinski definition) is 0. The van der Waals surface area contributed by atoms with Gasteiger partial charge in [0.25, 0.3) is 0 Å². The molecule has 37 heavy (non-hydrogen) atoms. The molecule has 0 saturated heterocycles. The number of hydrogen-bond acceptors (Lipinski definition) is 1. The SMILES string of the molecule is CCc1cccc2c1C(O[Si](C)(C)C)=C([Si](C)C)C2c1cccc2c1[cH-]c1ccccc12.C[CH]=[Zr+2].[Cl-].[Cl-]. The Morgan fingerprint density at radius 2 is 1.51 bits per heavy atom. The molecule has 193 valence electrons. The monoisotopic (exact) mass is 640 g/mol. The Bertz CT molecular complexity index is 1420. The van der Waals surface area contributed by atoms with Crippen molar-refractivity contribution in [2.24, 2.45) is 0 Å². The van der Waals surface area contributed by atoms with Crippen LogP contribution in [-0.2, 0) is 35.1 Å². The molecule has 0 bridgehead atoms. The Hall–Kier alpha value is -1.16. The van der Waals surface area contributed by atoms with Gasteiger partial charge < -0.3 is 29.2 Å². The minimum atomic E-state index is -1.77. The van der Waals surface area contributed by atoms with Crippen LogP contribution in [0.1, 0.15) is 42.0 Å². The van der Waals surface area contributed by atoms with Crippen molar-refractivity contribution in [2.45, 2.75) is 58.9 Å². The number of benzene rings is 3. The third-order valence-electron chi connectivity index (χ3n) is 6.58. The molecule has 1 aliphatic rings. The van der Waals surface area contributed by atoms with Gasteiger partial charge in [0.1, 0.15) is 5.76 Å². The van der Waals surface area contributed by atoms with E-state index in [1.165, 1.54) is 73.8 Å². The molecule has 0 heterocycles. The number of halogens is 2. The van der Waals surface area contributed by atoms with Gasteiger partial charge in [0.2, 0.25) is 8.32 Å². The van der Waals surface area contributed by atoms with E-state index >= 15 is 0 Å². The Balaban J connectivity index is 0.000000919. The summed E-state index contributed by atoms with van der Waals surface area (Å²) in [6, 6.07) is 25.0. The van der Waals surface area contributed by atoms with E-state index in [0.29, 0.717) is 0 Å². The first-order valence-corrected chi connectivity index (χ1v) is 19.9. The summed E-state index contributed by atoms with van der Waals surface area (Å²) in [7, 11) is -2.51. The predicted octanol–water partition coefficient (Wildman–Crippen LogP) is 2.64. The normalized spacial score (nSPS) is 14.6. The van der Waals surface area contributed by atoms with E-state index < -0.39 is 17.1 Å². The van der Waals surface area contributed by atoms with Crippen LogP contribution in [-0.4, -0.2) is 20.8 Å². The Morgan fingerprint density at radius 1 is 0.919 bits per heavy atom. The largest absolute Gasteiger partial charge is 1.00 e. The van der Waals surface area contributed by atoms with Gasteiger partial charge in [0.05, 0.1) is 8.80 Å². The van der Waals surface area contributed by atoms with Crippen molar-refractivity contribution in [1.29, 1.82) is 0 Å². The number of fused-ring (bicyclic) bond motifs is 4. The van der Waals surface area contributed by atoms with Crippen LogP contribution in [0.5, 0.6) is 0 Å². The van der Waals surface area contributed by atoms with Crippen molar-refractivity contribution in [3.05, 3.63) is 94.2 Å². The molecule has 1 atom stereocenters. The summed E-state index contributed by atoms with van der Waals surface area (Å²) in [6.07, 6.45) is 1.03. The molecule has 0 spiro atoms. The van der Waals surface area contributed by atoms with E-state index in [-0.39, 0.29) is 30.7 Å². The summed E-state index contributed by atoms with van der Waals surface area (Å²) in [5.41, 5.74) is 5.68. The average molecular weight is 643 g/mol. The van der Waals surface area contributed by atoms with Crippen molar-refractivity contribution in [1.82, 2.24) is 0 Å². The molecule has 1 aliphatic carbocycles. The van der Waals surface area contributed by atoms with Gasteiger partial charge in [0, 0.05) is 11.5 Å². The molecule has 0 amide bonds. The molecule has 0 saturated carbocycles. The molecule has 0 N–H and O–H groups in total. The second-order valence-corrected chi connectivity index (χ2v) is 18.8. The van der Waals surface area contributed by atoms with Gasteiger partial charge >= 0.3 is 34.9 Å². The fraction of sp³-hybridized carbons (Fsp3) is 0.290. The predicted molar refractivity (Wildman–Crippen MR) is 155 cm³/mol. The molecule has 0 aliphatic heterocycles. The van der Waals surface area contributed by atoms with Crippen LogP contribution >= 0.6 is 0 Å². The zero-order valence-electron chi connectivity index (χ0n) is 22.9. The van der Waals surface area contributed by atoms with E-state index in [0.717, 1.165) is 6.42 Å². The molecule has 1 nitrogen and oxygen atoms in total. The molecule has 1 unspecified atom stereocenters. The van der Waals surface area contributed by atoms with Crippen molar-refractivity contribution in [2.75, 3.05) is 0 Å². The van der Waals surface area contributed by atoms with Crippen LogP contribution in [0.3, 0.4) is 0 Å². The standard InChI is InChI=1S/C29H32OSi2.C2H4.2ClH.Zr/c1-7-19-13-10-17-24-26(19)28(30-32(4,5)6)29(31(2)3)27(24)23-16-11-15-22-21-14-9-8-12-20(21)18-25(22)23;1-2;;;/h8-18,27H,7H2,1-6H3;1H,2H3;2*1H;/q-1;;;;+2/p-2. The second kappa shape index (κ2) is 13.3. The third-order valence-corrected chi connectivity index (χ3v) is 8.99. The molecular formula is C31H36Cl2OSi2Zr-. The van der Waals surface area contributed by atoms with E-state index in [1.807, 2.05) is 6.92 Å². The molecular weight excluding hydrogens is 607 g/mol. The van der Waals surface area contributed by atoms with Crippen LogP contribution in [0, 0.1) is 0 Å². The molecule has 0 fully saturated rings. The van der Waals surface area contributed by atoms with Crippen molar-refractivity contribution in [3.8, 4) is 0 Å². The zero-order valence-corrected chi connectivity index (χ0v) is 28.8. The molecule has 6 heteroatoms. The van der Waals surface area contributed by atoms with E-state index in [1.54, 1.807) is 5.20 Å². The van der Waals surface area contributed by atoms with Gasteiger partial charge in [0.15, 0.2) is 0 Å². The first kappa shape index (κ1) is 32.1. The first-order valence-electron chi connectivity index (χ1n) is 12.6. The summed E-state index contributed by atoms with van der Waals surface area (Å²) in [6.45, 7) is 16.1. The fourth-order valence-corrected chi connectivity index (χ4v) is 7.80. The van der Waals surface area contributed by atoms with E-state index in [9.17, 15) is 0 Å². The maximum atomic E-state index is 6.91. The minimum Gasteiger partial charge on any atom is -1.00 e. The van der Waals surface area contributed by atoms with E-state index in [4.69, 9.17) is 4.43 Å². The first-order chi connectivity index (χ1) is 16.7. The van der Waals surface area contributed by atoms with Crippen LogP contribution in [0.15, 0.2) is 71.9 Å². The summed E-state index contributed by atoms with van der Waals surface area (Å²) < 4.78 is 9.00. The summed E-state index contributed by atoms with van der Waals surface area (Å²) in [5, 5.41) is 6.99. The van der Waals surface area contributed by atoms with Crippen molar-refractivity contribution < 1.29 is 53.5 Å². The quantitative estimate of drug-likeness (QED) is 0.241. The van der Waals surface area contributed by atoms with Crippen LogP contribution in [0.2, 0.25) is 32.7 Å². The fourth-order valence-electron chi connectivity index (χ4n) is 5.36. The van der Waals surface area contributed by atoms with Gasteiger partial charge in [-0.1, -0.05) is 80.2 Å². The molecule has 0 aromatic heterocycles. The maximum absolute atomic E-state index is 6.91. The maximum Gasteiger partial charge on any atom is -1.00 e. The van der Waals surface area contributed by atoms with Gasteiger partial charge in [-0.2, -0.15) is 0 Å². The molecule has 4 aromatic rings. The Kier molecular flexibility index (Phi) is 11.5. The third kappa shape index (κ3) is 6.36. The van der Waals surface area contributed by atoms with Crippen LogP contribution in [0.25, 0.3) is 27.3 Å². The van der Waals surface area contributed by atoms with Gasteiger partial charge in [-0.05, 0) is 42.4 Å². The van der Waals surface area contributed by atoms with Crippen molar-refractivity contribution in [3.63, 3.8) is 0 Å². The Morgan fingerprint density at radius 3 is 2.14 bits per heavy atom. The molecule has 4 aromatic carbocycles. The van der Waals surface area contributed by atoms with E-state index in [2.05, 4.69) is 110 Å². The van der Waals surface area contributed by atoms with Gasteiger partial charge in [-0.15, -0.1) is 33.7 Å². The topological polar surface area (TPSA) is 9.23 Å². The summed E-state index contributed by atoms with van der Waals surface area (Å²) in [4.78, 5) is 0. The smallest absolute Gasteiger partial charge is 1.00 e. The van der Waals surface area contributed by atoms with Crippen LogP contribution in [0.4, 0.5) is 0 Å². The second-order valence-electron chi connectivity index (χ2n) is 10.5. The van der Waals surface area contributed by atoms with Crippen molar-refractivity contribution >= 4 is 48.1 Å². The number of rotatable bonds is 5. The molecule has 5 rings (SSSR count). The minimum absolute atomic E-state index is 0. The average Bonchev–Trinajstić information content (AvgIpc) is 3.34. The number of aryl methyl sites for hydroxylation is 1. The Labute approximate surface area is 252 Å². The van der Waals surface area contributed by atoms with Gasteiger partial charge in [-0.3, -0.25) is 0 Å². The summed E-state index contributed by atoms with van der Waals surface area (Å²) >= 11 is 1.51.